The Morgan fingerprint density at radius 3 is 2.21 bits per heavy atom. The zero-order chi connectivity index (χ0) is 13.7. The molecule has 2 aromatic carbocycles. The van der Waals surface area contributed by atoms with E-state index in [1.807, 2.05) is 18.2 Å². The van der Waals surface area contributed by atoms with Crippen molar-refractivity contribution in [1.29, 1.82) is 0 Å². The monoisotopic (exact) mass is 271 g/mol. The smallest absolute Gasteiger partial charge is 0.187 e. The SMILES string of the molecule is CN(N)C(=S)Nc1ccc(Cc2ccccc2)cc1. The quantitative estimate of drug-likeness (QED) is 0.512. The standard InChI is InChI=1S/C15H17N3S/c1-18(16)15(19)17-14-9-7-13(8-10-14)11-12-5-3-2-4-6-12/h2-10H,11,16H2,1H3,(H,17,19). The summed E-state index contributed by atoms with van der Waals surface area (Å²) in [5.74, 6) is 5.55. The summed E-state index contributed by atoms with van der Waals surface area (Å²) in [4.78, 5) is 0. The van der Waals surface area contributed by atoms with Crippen LogP contribution in [-0.2, 0) is 6.42 Å². The Morgan fingerprint density at radius 2 is 1.63 bits per heavy atom. The fraction of sp³-hybridized carbons (Fsp3) is 0.133. The van der Waals surface area contributed by atoms with Crippen molar-refractivity contribution >= 4 is 23.0 Å². The first-order valence-electron chi connectivity index (χ1n) is 6.07. The maximum atomic E-state index is 5.55. The van der Waals surface area contributed by atoms with Crippen molar-refractivity contribution in [2.45, 2.75) is 6.42 Å². The molecule has 0 saturated carbocycles. The van der Waals surface area contributed by atoms with Crippen LogP contribution in [0.5, 0.6) is 0 Å². The molecule has 4 heteroatoms. The molecule has 3 nitrogen and oxygen atoms in total. The number of nitrogens with two attached hydrogens (primary N) is 1. The Hall–Kier alpha value is -1.91. The van der Waals surface area contributed by atoms with Crippen molar-refractivity contribution in [3.8, 4) is 0 Å². The second-order valence-electron chi connectivity index (χ2n) is 4.40. The lowest BCUT2D eigenvalue weighted by Crippen LogP contribution is -2.36. The molecule has 0 aliphatic heterocycles. The third-order valence-corrected chi connectivity index (χ3v) is 3.17. The number of hydrogen-bond acceptors (Lipinski definition) is 2. The molecule has 19 heavy (non-hydrogen) atoms. The van der Waals surface area contributed by atoms with E-state index in [1.165, 1.54) is 16.1 Å². The van der Waals surface area contributed by atoms with Crippen molar-refractivity contribution < 1.29 is 0 Å². The highest BCUT2D eigenvalue weighted by Crippen LogP contribution is 2.13. The van der Waals surface area contributed by atoms with E-state index in [0.29, 0.717) is 5.11 Å². The molecular weight excluding hydrogens is 254 g/mol. The van der Waals surface area contributed by atoms with Crippen molar-refractivity contribution in [2.75, 3.05) is 12.4 Å². The Labute approximate surface area is 119 Å². The number of rotatable bonds is 3. The number of benzene rings is 2. The molecule has 0 fully saturated rings. The highest BCUT2D eigenvalue weighted by molar-refractivity contribution is 7.80. The minimum absolute atomic E-state index is 0.496. The molecule has 2 rings (SSSR count). The van der Waals surface area contributed by atoms with Gasteiger partial charge in [-0.15, -0.1) is 0 Å². The number of nitrogens with one attached hydrogen (secondary N) is 1. The topological polar surface area (TPSA) is 41.3 Å². The molecule has 0 aliphatic carbocycles. The summed E-state index contributed by atoms with van der Waals surface area (Å²) in [6.07, 6.45) is 0.933. The largest absolute Gasteiger partial charge is 0.332 e. The number of nitrogens with zero attached hydrogens (tertiary/aromatic N) is 1. The second kappa shape index (κ2) is 6.31. The zero-order valence-corrected chi connectivity index (χ0v) is 11.7. The third kappa shape index (κ3) is 4.05. The summed E-state index contributed by atoms with van der Waals surface area (Å²) in [5, 5.41) is 4.94. The summed E-state index contributed by atoms with van der Waals surface area (Å²) in [7, 11) is 1.71. The third-order valence-electron chi connectivity index (χ3n) is 2.78. The number of thiocarbonyl (C=S) groups is 1. The normalized spacial score (nSPS) is 10.0. The van der Waals surface area contributed by atoms with E-state index in [2.05, 4.69) is 41.7 Å². The molecule has 0 heterocycles. The Morgan fingerprint density at radius 1 is 1.05 bits per heavy atom. The van der Waals surface area contributed by atoms with Crippen LogP contribution < -0.4 is 11.2 Å². The van der Waals surface area contributed by atoms with Gasteiger partial charge in [-0.1, -0.05) is 42.5 Å². The van der Waals surface area contributed by atoms with Crippen LogP contribution >= 0.6 is 12.2 Å². The summed E-state index contributed by atoms with van der Waals surface area (Å²) < 4.78 is 0. The molecule has 0 amide bonds. The zero-order valence-electron chi connectivity index (χ0n) is 10.8. The van der Waals surface area contributed by atoms with Crippen LogP contribution in [0.3, 0.4) is 0 Å². The Balaban J connectivity index is 2.01. The predicted molar refractivity (Wildman–Crippen MR) is 83.9 cm³/mol. The molecule has 0 aromatic heterocycles. The average Bonchev–Trinajstić information content (AvgIpc) is 2.42. The van der Waals surface area contributed by atoms with E-state index < -0.39 is 0 Å². The number of anilines is 1. The number of hydrogen-bond donors (Lipinski definition) is 2. The van der Waals surface area contributed by atoms with Crippen LogP contribution in [0, 0.1) is 0 Å². The van der Waals surface area contributed by atoms with Crippen molar-refractivity contribution in [3.63, 3.8) is 0 Å². The van der Waals surface area contributed by atoms with Crippen molar-refractivity contribution in [2.24, 2.45) is 5.84 Å². The van der Waals surface area contributed by atoms with E-state index in [9.17, 15) is 0 Å². The molecule has 0 aliphatic rings. The molecule has 2 aromatic rings. The first-order valence-corrected chi connectivity index (χ1v) is 6.48. The van der Waals surface area contributed by atoms with Crippen LogP contribution in [0.4, 0.5) is 5.69 Å². The fourth-order valence-corrected chi connectivity index (χ4v) is 1.87. The first-order chi connectivity index (χ1) is 9.15. The van der Waals surface area contributed by atoms with Crippen LogP contribution in [0.15, 0.2) is 54.6 Å². The second-order valence-corrected chi connectivity index (χ2v) is 4.79. The molecule has 0 radical (unpaired) electrons. The van der Waals surface area contributed by atoms with Gasteiger partial charge in [-0.25, -0.2) is 5.84 Å². The molecule has 0 atom stereocenters. The lowest BCUT2D eigenvalue weighted by Gasteiger charge is -2.15. The van der Waals surface area contributed by atoms with Crippen molar-refractivity contribution in [3.05, 3.63) is 65.7 Å². The van der Waals surface area contributed by atoms with Gasteiger partial charge in [0.2, 0.25) is 0 Å². The summed E-state index contributed by atoms with van der Waals surface area (Å²) in [6, 6.07) is 18.6. The molecule has 0 unspecified atom stereocenters. The minimum Gasteiger partial charge on any atom is -0.332 e. The van der Waals surface area contributed by atoms with Gasteiger partial charge in [0, 0.05) is 12.7 Å². The summed E-state index contributed by atoms with van der Waals surface area (Å²) >= 11 is 5.09. The lowest BCUT2D eigenvalue weighted by atomic mass is 10.1. The van der Waals surface area contributed by atoms with E-state index in [0.717, 1.165) is 12.1 Å². The van der Waals surface area contributed by atoms with Crippen molar-refractivity contribution in [1.82, 2.24) is 5.01 Å². The van der Waals surface area contributed by atoms with Crippen LogP contribution in [-0.4, -0.2) is 17.2 Å². The predicted octanol–water partition coefficient (Wildman–Crippen LogP) is 2.78. The van der Waals surface area contributed by atoms with Gasteiger partial charge < -0.3 is 5.32 Å². The van der Waals surface area contributed by atoms with Gasteiger partial charge in [-0.2, -0.15) is 0 Å². The van der Waals surface area contributed by atoms with Gasteiger partial charge in [0.25, 0.3) is 0 Å². The van der Waals surface area contributed by atoms with E-state index in [-0.39, 0.29) is 0 Å². The minimum atomic E-state index is 0.496. The average molecular weight is 271 g/mol. The maximum Gasteiger partial charge on any atom is 0.187 e. The van der Waals surface area contributed by atoms with Gasteiger partial charge in [-0.3, -0.25) is 5.01 Å². The maximum absolute atomic E-state index is 5.55. The van der Waals surface area contributed by atoms with Crippen LogP contribution in [0.1, 0.15) is 11.1 Å². The van der Waals surface area contributed by atoms with Gasteiger partial charge in [0.15, 0.2) is 5.11 Å². The van der Waals surface area contributed by atoms with Gasteiger partial charge >= 0.3 is 0 Å². The highest BCUT2D eigenvalue weighted by atomic mass is 32.1. The van der Waals surface area contributed by atoms with E-state index >= 15 is 0 Å². The number of hydrazine groups is 1. The van der Waals surface area contributed by atoms with Crippen LogP contribution in [0.25, 0.3) is 0 Å². The Kier molecular flexibility index (Phi) is 4.49. The van der Waals surface area contributed by atoms with Gasteiger partial charge in [0.1, 0.15) is 0 Å². The fourth-order valence-electron chi connectivity index (χ4n) is 1.75. The molecule has 3 N–H and O–H groups in total. The molecule has 0 saturated heterocycles. The van der Waals surface area contributed by atoms with Crippen LogP contribution in [0.2, 0.25) is 0 Å². The molecular formula is C15H17N3S. The Bertz CT molecular complexity index is 535. The van der Waals surface area contributed by atoms with E-state index in [1.54, 1.807) is 7.05 Å². The van der Waals surface area contributed by atoms with Gasteiger partial charge in [0.05, 0.1) is 0 Å². The summed E-state index contributed by atoms with van der Waals surface area (Å²) in [6.45, 7) is 0. The lowest BCUT2D eigenvalue weighted by molar-refractivity contribution is 0.548. The van der Waals surface area contributed by atoms with E-state index in [4.69, 9.17) is 18.1 Å². The molecule has 0 spiro atoms. The van der Waals surface area contributed by atoms with Gasteiger partial charge in [-0.05, 0) is 41.9 Å². The first kappa shape index (κ1) is 13.5. The molecule has 0 bridgehead atoms. The summed E-state index contributed by atoms with van der Waals surface area (Å²) in [5.41, 5.74) is 3.52. The highest BCUT2D eigenvalue weighted by Gasteiger charge is 2.00. The molecule has 98 valence electrons.